The fourth-order valence-corrected chi connectivity index (χ4v) is 4.10. The Hall–Kier alpha value is -2.84. The quantitative estimate of drug-likeness (QED) is 0.311. The van der Waals surface area contributed by atoms with Gasteiger partial charge in [-0.05, 0) is 55.5 Å². The molecule has 0 spiro atoms. The van der Waals surface area contributed by atoms with Crippen LogP contribution in [0.25, 0.3) is 10.9 Å². The van der Waals surface area contributed by atoms with E-state index in [-0.39, 0.29) is 18.0 Å². The van der Waals surface area contributed by atoms with Gasteiger partial charge in [-0.2, -0.15) is 0 Å². The minimum atomic E-state index is -0.468. The molecule has 0 fully saturated rings. The van der Waals surface area contributed by atoms with Crippen LogP contribution in [0, 0.1) is 0 Å². The lowest BCUT2D eigenvalue weighted by Crippen LogP contribution is -2.27. The maximum atomic E-state index is 13.1. The van der Waals surface area contributed by atoms with Crippen LogP contribution in [0.4, 0.5) is 5.69 Å². The van der Waals surface area contributed by atoms with Crippen LogP contribution in [0.1, 0.15) is 12.7 Å². The SMILES string of the molecule is CC(Sc1nc2ccccc2c(=O)n1Cc1ccco1)C(=O)Nc1ccc(Br)cc1. The minimum Gasteiger partial charge on any atom is -0.467 e. The summed E-state index contributed by atoms with van der Waals surface area (Å²) in [4.78, 5) is 30.5. The number of benzene rings is 2. The molecule has 30 heavy (non-hydrogen) atoms. The molecule has 6 nitrogen and oxygen atoms in total. The van der Waals surface area contributed by atoms with Crippen molar-refractivity contribution in [1.29, 1.82) is 0 Å². The number of aromatic nitrogens is 2. The van der Waals surface area contributed by atoms with Gasteiger partial charge in [-0.1, -0.05) is 39.8 Å². The smallest absolute Gasteiger partial charge is 0.262 e. The molecule has 1 unspecified atom stereocenters. The molecule has 2 heterocycles. The zero-order chi connectivity index (χ0) is 21.1. The van der Waals surface area contributed by atoms with Gasteiger partial charge in [-0.15, -0.1) is 0 Å². The van der Waals surface area contributed by atoms with Crippen LogP contribution in [0.15, 0.2) is 85.8 Å². The third-order valence-electron chi connectivity index (χ3n) is 4.48. The maximum Gasteiger partial charge on any atom is 0.262 e. The summed E-state index contributed by atoms with van der Waals surface area (Å²) in [7, 11) is 0. The number of hydrogen-bond donors (Lipinski definition) is 1. The first-order valence-electron chi connectivity index (χ1n) is 9.26. The summed E-state index contributed by atoms with van der Waals surface area (Å²) in [5.74, 6) is 0.470. The number of carbonyl (C=O) groups excluding carboxylic acids is 1. The molecular weight excluding hydrogens is 466 g/mol. The fraction of sp³-hybridized carbons (Fsp3) is 0.136. The molecule has 1 N–H and O–H groups in total. The molecule has 8 heteroatoms. The van der Waals surface area contributed by atoms with Crippen molar-refractivity contribution < 1.29 is 9.21 Å². The maximum absolute atomic E-state index is 13.1. The summed E-state index contributed by atoms with van der Waals surface area (Å²) >= 11 is 4.62. The molecule has 152 valence electrons. The molecule has 1 atom stereocenters. The van der Waals surface area contributed by atoms with Crippen LogP contribution in [0.2, 0.25) is 0 Å². The van der Waals surface area contributed by atoms with Gasteiger partial charge in [0.05, 0.1) is 29.0 Å². The zero-order valence-electron chi connectivity index (χ0n) is 16.0. The molecule has 0 radical (unpaired) electrons. The van der Waals surface area contributed by atoms with Crippen LogP contribution < -0.4 is 10.9 Å². The number of para-hydroxylation sites is 1. The van der Waals surface area contributed by atoms with Crippen LogP contribution in [0.3, 0.4) is 0 Å². The van der Waals surface area contributed by atoms with Crippen molar-refractivity contribution in [2.75, 3.05) is 5.32 Å². The van der Waals surface area contributed by atoms with Crippen molar-refractivity contribution in [1.82, 2.24) is 9.55 Å². The molecule has 2 aromatic carbocycles. The largest absolute Gasteiger partial charge is 0.467 e. The fourth-order valence-electron chi connectivity index (χ4n) is 2.92. The van der Waals surface area contributed by atoms with Gasteiger partial charge in [-0.3, -0.25) is 14.2 Å². The second-order valence-electron chi connectivity index (χ2n) is 6.64. The molecule has 0 bridgehead atoms. The van der Waals surface area contributed by atoms with E-state index >= 15 is 0 Å². The predicted molar refractivity (Wildman–Crippen MR) is 122 cm³/mol. The van der Waals surface area contributed by atoms with Crippen molar-refractivity contribution in [3.63, 3.8) is 0 Å². The van der Waals surface area contributed by atoms with Crippen molar-refractivity contribution in [2.24, 2.45) is 0 Å². The highest BCUT2D eigenvalue weighted by Gasteiger charge is 2.20. The van der Waals surface area contributed by atoms with E-state index in [0.29, 0.717) is 27.5 Å². The van der Waals surface area contributed by atoms with E-state index in [2.05, 4.69) is 26.2 Å². The Labute approximate surface area is 185 Å². The summed E-state index contributed by atoms with van der Waals surface area (Å²) in [6.07, 6.45) is 1.57. The third-order valence-corrected chi connectivity index (χ3v) is 6.10. The van der Waals surface area contributed by atoms with Gasteiger partial charge >= 0.3 is 0 Å². The number of anilines is 1. The van der Waals surface area contributed by atoms with Gasteiger partial charge in [0.25, 0.3) is 5.56 Å². The monoisotopic (exact) mass is 483 g/mol. The predicted octanol–water partition coefficient (Wildman–Crippen LogP) is 4.92. The zero-order valence-corrected chi connectivity index (χ0v) is 18.4. The van der Waals surface area contributed by atoms with Gasteiger partial charge in [0.15, 0.2) is 5.16 Å². The van der Waals surface area contributed by atoms with E-state index < -0.39 is 5.25 Å². The standard InChI is InChI=1S/C22H18BrN3O3S/c1-14(20(27)24-16-10-8-15(23)9-11-16)30-22-25-19-7-3-2-6-18(19)21(28)26(22)13-17-5-4-12-29-17/h2-12,14H,13H2,1H3,(H,24,27). The van der Waals surface area contributed by atoms with Gasteiger partial charge in [0.2, 0.25) is 5.91 Å². The first kappa shape index (κ1) is 20.4. The average Bonchev–Trinajstić information content (AvgIpc) is 3.26. The Kier molecular flexibility index (Phi) is 6.06. The highest BCUT2D eigenvalue weighted by Crippen LogP contribution is 2.25. The van der Waals surface area contributed by atoms with E-state index in [1.54, 1.807) is 42.0 Å². The van der Waals surface area contributed by atoms with Crippen LogP contribution in [0.5, 0.6) is 0 Å². The molecule has 4 rings (SSSR count). The van der Waals surface area contributed by atoms with Crippen molar-refractivity contribution in [2.45, 2.75) is 23.9 Å². The topological polar surface area (TPSA) is 77.1 Å². The summed E-state index contributed by atoms with van der Waals surface area (Å²) in [6, 6.07) is 18.1. The molecule has 4 aromatic rings. The van der Waals surface area contributed by atoms with Gasteiger partial charge < -0.3 is 9.73 Å². The van der Waals surface area contributed by atoms with Gasteiger partial charge in [0, 0.05) is 10.2 Å². The number of rotatable bonds is 6. The molecule has 2 aromatic heterocycles. The third kappa shape index (κ3) is 4.49. The Bertz CT molecular complexity index is 1240. The second-order valence-corrected chi connectivity index (χ2v) is 8.86. The Morgan fingerprint density at radius 2 is 1.93 bits per heavy atom. The number of fused-ring (bicyclic) bond motifs is 1. The van der Waals surface area contributed by atoms with E-state index in [1.807, 2.05) is 36.4 Å². The van der Waals surface area contributed by atoms with Gasteiger partial charge in [0.1, 0.15) is 5.76 Å². The Morgan fingerprint density at radius 1 is 1.17 bits per heavy atom. The average molecular weight is 484 g/mol. The molecule has 0 aliphatic heterocycles. The Balaban J connectivity index is 1.64. The van der Waals surface area contributed by atoms with Gasteiger partial charge in [-0.25, -0.2) is 4.98 Å². The number of nitrogens with zero attached hydrogens (tertiary/aromatic N) is 2. The first-order chi connectivity index (χ1) is 14.5. The first-order valence-corrected chi connectivity index (χ1v) is 10.9. The summed E-state index contributed by atoms with van der Waals surface area (Å²) < 4.78 is 7.91. The molecular formula is C22H18BrN3O3S. The normalized spacial score (nSPS) is 12.1. The number of carbonyl (C=O) groups is 1. The lowest BCUT2D eigenvalue weighted by molar-refractivity contribution is -0.115. The highest BCUT2D eigenvalue weighted by molar-refractivity contribution is 9.10. The lowest BCUT2D eigenvalue weighted by atomic mass is 10.2. The van der Waals surface area contributed by atoms with Crippen molar-refractivity contribution in [3.8, 4) is 0 Å². The van der Waals surface area contributed by atoms with Crippen LogP contribution >= 0.6 is 27.7 Å². The van der Waals surface area contributed by atoms with Crippen molar-refractivity contribution >= 4 is 50.2 Å². The van der Waals surface area contributed by atoms with E-state index in [4.69, 9.17) is 4.42 Å². The number of furan rings is 1. The summed E-state index contributed by atoms with van der Waals surface area (Å²) in [5, 5.41) is 3.42. The number of thioether (sulfide) groups is 1. The Morgan fingerprint density at radius 3 is 2.67 bits per heavy atom. The molecule has 0 aliphatic rings. The van der Waals surface area contributed by atoms with E-state index in [1.165, 1.54) is 11.8 Å². The van der Waals surface area contributed by atoms with E-state index in [9.17, 15) is 9.59 Å². The number of hydrogen-bond acceptors (Lipinski definition) is 5. The second kappa shape index (κ2) is 8.89. The summed E-state index contributed by atoms with van der Waals surface area (Å²) in [5.41, 5.74) is 1.14. The molecule has 0 saturated heterocycles. The lowest BCUT2D eigenvalue weighted by Gasteiger charge is -2.16. The molecule has 1 amide bonds. The van der Waals surface area contributed by atoms with Crippen molar-refractivity contribution in [3.05, 3.63) is 87.5 Å². The highest BCUT2D eigenvalue weighted by atomic mass is 79.9. The molecule has 0 aliphatic carbocycles. The molecule has 0 saturated carbocycles. The number of nitrogens with one attached hydrogen (secondary N) is 1. The summed E-state index contributed by atoms with van der Waals surface area (Å²) in [6.45, 7) is 2.03. The number of halogens is 1. The minimum absolute atomic E-state index is 0.167. The van der Waals surface area contributed by atoms with E-state index in [0.717, 1.165) is 4.47 Å². The van der Waals surface area contributed by atoms with Crippen LogP contribution in [-0.4, -0.2) is 20.7 Å². The van der Waals surface area contributed by atoms with Crippen LogP contribution in [-0.2, 0) is 11.3 Å². The number of amides is 1.